The summed E-state index contributed by atoms with van der Waals surface area (Å²) >= 11 is 0. The molecule has 0 unspecified atom stereocenters. The highest BCUT2D eigenvalue weighted by molar-refractivity contribution is 7.46. The van der Waals surface area contributed by atoms with Crippen LogP contribution < -0.4 is 0 Å². The number of unbranched alkanes of at least 4 members (excludes halogenated alkanes) is 29. The highest BCUT2D eigenvalue weighted by Gasteiger charge is 2.12. The Balaban J connectivity index is 3.06. The standard InChI is InChI=1S/C33H66NO5P/c35-33-34-31-29-27-25-23-21-19-17-15-13-11-9-7-5-3-1-2-4-6-8-10-12-14-16-18-20-22-24-26-28-30-32-39-40(36,37)38/h1-32H2,(H2,36,37,38). The summed E-state index contributed by atoms with van der Waals surface area (Å²) < 4.78 is 15.0. The van der Waals surface area contributed by atoms with Gasteiger partial charge in [-0.15, -0.1) is 0 Å². The van der Waals surface area contributed by atoms with Gasteiger partial charge < -0.3 is 9.79 Å². The third-order valence-electron chi connectivity index (χ3n) is 7.99. The summed E-state index contributed by atoms with van der Waals surface area (Å²) in [5, 5.41) is 0. The van der Waals surface area contributed by atoms with Crippen molar-refractivity contribution in [2.24, 2.45) is 4.99 Å². The van der Waals surface area contributed by atoms with Gasteiger partial charge in [0.25, 0.3) is 0 Å². The van der Waals surface area contributed by atoms with Crippen LogP contribution in [0.5, 0.6) is 0 Å². The molecule has 0 aromatic rings. The van der Waals surface area contributed by atoms with Crippen LogP contribution >= 0.6 is 7.82 Å². The van der Waals surface area contributed by atoms with Crippen molar-refractivity contribution in [3.8, 4) is 0 Å². The molecule has 0 bridgehead atoms. The summed E-state index contributed by atoms with van der Waals surface area (Å²) in [7, 11) is -4.28. The van der Waals surface area contributed by atoms with E-state index in [0.717, 1.165) is 25.7 Å². The molecule has 0 rings (SSSR count). The van der Waals surface area contributed by atoms with Gasteiger partial charge in [-0.25, -0.2) is 14.4 Å². The van der Waals surface area contributed by atoms with Crippen molar-refractivity contribution in [1.29, 1.82) is 0 Å². The molecule has 0 radical (unpaired) electrons. The number of carbonyl (C=O) groups excluding carboxylic acids is 1. The fourth-order valence-corrected chi connectivity index (χ4v) is 5.84. The molecule has 2 N–H and O–H groups in total. The summed E-state index contributed by atoms with van der Waals surface area (Å²) in [5.41, 5.74) is 0. The second kappa shape index (κ2) is 33.0. The lowest BCUT2D eigenvalue weighted by atomic mass is 10.0. The van der Waals surface area contributed by atoms with Gasteiger partial charge in [0.15, 0.2) is 0 Å². The lowest BCUT2D eigenvalue weighted by Gasteiger charge is -2.05. The Morgan fingerprint density at radius 1 is 0.425 bits per heavy atom. The number of rotatable bonds is 34. The fraction of sp³-hybridized carbons (Fsp3) is 0.970. The largest absolute Gasteiger partial charge is 0.469 e. The summed E-state index contributed by atoms with van der Waals surface area (Å²) in [6, 6.07) is 0. The van der Waals surface area contributed by atoms with E-state index in [1.54, 1.807) is 6.08 Å². The van der Waals surface area contributed by atoms with Crippen LogP contribution in [-0.4, -0.2) is 29.0 Å². The Morgan fingerprint density at radius 3 is 0.875 bits per heavy atom. The van der Waals surface area contributed by atoms with E-state index in [0.29, 0.717) is 6.54 Å². The molecule has 0 aliphatic rings. The highest BCUT2D eigenvalue weighted by Crippen LogP contribution is 2.35. The zero-order valence-corrected chi connectivity index (χ0v) is 27.0. The molecule has 0 saturated carbocycles. The Hall–Kier alpha value is -0.510. The van der Waals surface area contributed by atoms with E-state index >= 15 is 0 Å². The average Bonchev–Trinajstić information content (AvgIpc) is 2.92. The van der Waals surface area contributed by atoms with Crippen molar-refractivity contribution >= 4 is 13.9 Å². The molecule has 0 aromatic heterocycles. The molecule has 238 valence electrons. The van der Waals surface area contributed by atoms with Gasteiger partial charge in [-0.3, -0.25) is 4.52 Å². The Morgan fingerprint density at radius 2 is 0.650 bits per heavy atom. The SMILES string of the molecule is O=C=NCCCCCCCCCCCCCCCCCCCCCCCCCCCCCCCCOP(=O)(O)O. The molecule has 0 fully saturated rings. The van der Waals surface area contributed by atoms with E-state index in [9.17, 15) is 9.36 Å². The van der Waals surface area contributed by atoms with E-state index < -0.39 is 7.82 Å². The Kier molecular flexibility index (Phi) is 32.6. The van der Waals surface area contributed by atoms with Crippen LogP contribution in [0.3, 0.4) is 0 Å². The van der Waals surface area contributed by atoms with Gasteiger partial charge >= 0.3 is 7.82 Å². The van der Waals surface area contributed by atoms with Crippen molar-refractivity contribution in [3.63, 3.8) is 0 Å². The predicted molar refractivity (Wildman–Crippen MR) is 169 cm³/mol. The molecule has 0 aromatic carbocycles. The van der Waals surface area contributed by atoms with Crippen LogP contribution in [0.2, 0.25) is 0 Å². The monoisotopic (exact) mass is 587 g/mol. The first-order valence-electron chi connectivity index (χ1n) is 17.3. The van der Waals surface area contributed by atoms with E-state index in [1.165, 1.54) is 167 Å². The number of nitrogens with zero attached hydrogens (tertiary/aromatic N) is 1. The number of hydrogen-bond donors (Lipinski definition) is 2. The molecular weight excluding hydrogens is 521 g/mol. The van der Waals surface area contributed by atoms with E-state index in [-0.39, 0.29) is 6.61 Å². The van der Waals surface area contributed by atoms with Crippen LogP contribution in [-0.2, 0) is 13.9 Å². The lowest BCUT2D eigenvalue weighted by molar-refractivity contribution is 0.193. The second-order valence-corrected chi connectivity index (χ2v) is 13.1. The lowest BCUT2D eigenvalue weighted by Crippen LogP contribution is -1.92. The molecule has 0 aliphatic carbocycles. The van der Waals surface area contributed by atoms with Gasteiger partial charge in [-0.2, -0.15) is 0 Å². The molecular formula is C33H66NO5P. The minimum atomic E-state index is -4.28. The number of isocyanates is 1. The van der Waals surface area contributed by atoms with Gasteiger partial charge in [-0.1, -0.05) is 180 Å². The Labute approximate surface area is 248 Å². The third kappa shape index (κ3) is 37.5. The first-order chi connectivity index (χ1) is 19.6. The minimum absolute atomic E-state index is 0.164. The van der Waals surface area contributed by atoms with E-state index in [1.807, 2.05) is 0 Å². The fourth-order valence-electron chi connectivity index (χ4n) is 5.47. The van der Waals surface area contributed by atoms with E-state index in [2.05, 4.69) is 9.52 Å². The smallest absolute Gasteiger partial charge is 0.303 e. The normalized spacial score (nSPS) is 11.7. The van der Waals surface area contributed by atoms with Gasteiger partial charge in [0.2, 0.25) is 6.08 Å². The molecule has 0 spiro atoms. The van der Waals surface area contributed by atoms with Crippen molar-refractivity contribution in [3.05, 3.63) is 0 Å². The highest BCUT2D eigenvalue weighted by atomic mass is 31.2. The summed E-state index contributed by atoms with van der Waals surface area (Å²) in [6.45, 7) is 0.821. The first kappa shape index (κ1) is 39.5. The molecule has 0 heterocycles. The first-order valence-corrected chi connectivity index (χ1v) is 18.8. The van der Waals surface area contributed by atoms with Gasteiger partial charge in [0.05, 0.1) is 13.2 Å². The summed E-state index contributed by atoms with van der Waals surface area (Å²) in [6.07, 6.45) is 41.4. The van der Waals surface area contributed by atoms with Crippen LogP contribution in [0.4, 0.5) is 0 Å². The van der Waals surface area contributed by atoms with E-state index in [4.69, 9.17) is 9.79 Å². The zero-order chi connectivity index (χ0) is 29.2. The Bertz CT molecular complexity index is 591. The predicted octanol–water partition coefficient (Wildman–Crippen LogP) is 11.1. The van der Waals surface area contributed by atoms with Crippen LogP contribution in [0.25, 0.3) is 0 Å². The van der Waals surface area contributed by atoms with Crippen molar-refractivity contribution in [2.45, 2.75) is 193 Å². The summed E-state index contributed by atoms with van der Waals surface area (Å²) in [4.78, 5) is 30.8. The molecule has 7 heteroatoms. The quantitative estimate of drug-likeness (QED) is 0.0338. The van der Waals surface area contributed by atoms with Gasteiger partial charge in [0, 0.05) is 0 Å². The maximum absolute atomic E-state index is 10.6. The molecule has 0 saturated heterocycles. The van der Waals surface area contributed by atoms with Crippen LogP contribution in [0.15, 0.2) is 4.99 Å². The average molecular weight is 588 g/mol. The molecule has 0 atom stereocenters. The van der Waals surface area contributed by atoms with Gasteiger partial charge in [-0.05, 0) is 12.8 Å². The second-order valence-electron chi connectivity index (χ2n) is 11.9. The van der Waals surface area contributed by atoms with Gasteiger partial charge in [0.1, 0.15) is 0 Å². The van der Waals surface area contributed by atoms with Crippen LogP contribution in [0.1, 0.15) is 193 Å². The minimum Gasteiger partial charge on any atom is -0.303 e. The number of aliphatic imine (C=N–C) groups is 1. The van der Waals surface area contributed by atoms with Crippen molar-refractivity contribution in [2.75, 3.05) is 13.2 Å². The van der Waals surface area contributed by atoms with Crippen LogP contribution in [0, 0.1) is 0 Å². The number of phosphoric ester groups is 1. The topological polar surface area (TPSA) is 96.2 Å². The number of hydrogen-bond acceptors (Lipinski definition) is 4. The maximum atomic E-state index is 10.6. The summed E-state index contributed by atoms with van der Waals surface area (Å²) in [5.74, 6) is 0. The molecule has 0 aliphatic heterocycles. The molecule has 6 nitrogen and oxygen atoms in total. The molecule has 40 heavy (non-hydrogen) atoms. The maximum Gasteiger partial charge on any atom is 0.469 e. The number of phosphoric acid groups is 1. The third-order valence-corrected chi connectivity index (χ3v) is 8.51. The van der Waals surface area contributed by atoms with Crippen molar-refractivity contribution in [1.82, 2.24) is 0 Å². The van der Waals surface area contributed by atoms with Crippen molar-refractivity contribution < 1.29 is 23.7 Å². The molecule has 0 amide bonds. The zero-order valence-electron chi connectivity index (χ0n) is 26.1.